The number of anilines is 1. The molecule has 0 aliphatic heterocycles. The summed E-state index contributed by atoms with van der Waals surface area (Å²) in [5, 5.41) is 3.27. The maximum atomic E-state index is 4.42. The summed E-state index contributed by atoms with van der Waals surface area (Å²) < 4.78 is 1.94. The van der Waals surface area contributed by atoms with E-state index in [-0.39, 0.29) is 0 Å². The first kappa shape index (κ1) is 12.3. The summed E-state index contributed by atoms with van der Waals surface area (Å²) >= 11 is 0. The summed E-state index contributed by atoms with van der Waals surface area (Å²) in [4.78, 5) is 16.7. The van der Waals surface area contributed by atoms with Crippen molar-refractivity contribution in [2.24, 2.45) is 0 Å². The van der Waals surface area contributed by atoms with Gasteiger partial charge in [-0.3, -0.25) is 4.57 Å². The molecular formula is C14H14N6. The van der Waals surface area contributed by atoms with Gasteiger partial charge in [-0.15, -0.1) is 0 Å². The molecule has 3 aromatic heterocycles. The maximum Gasteiger partial charge on any atom is 0.138 e. The van der Waals surface area contributed by atoms with Gasteiger partial charge in [-0.2, -0.15) is 0 Å². The minimum atomic E-state index is 0.646. The Hall–Kier alpha value is -2.76. The number of rotatable bonds is 4. The number of imidazole rings is 1. The number of nitrogens with one attached hydrogen (secondary N) is 1. The third kappa shape index (κ3) is 2.64. The Bertz CT molecular complexity index is 674. The highest BCUT2D eigenvalue weighted by Crippen LogP contribution is 2.12. The van der Waals surface area contributed by atoms with Gasteiger partial charge in [0.15, 0.2) is 0 Å². The lowest BCUT2D eigenvalue weighted by atomic mass is 10.3. The number of nitrogens with zero attached hydrogens (tertiary/aromatic N) is 5. The Kier molecular flexibility index (Phi) is 3.36. The lowest BCUT2D eigenvalue weighted by Crippen LogP contribution is -2.03. The van der Waals surface area contributed by atoms with Crippen LogP contribution in [-0.2, 0) is 6.54 Å². The summed E-state index contributed by atoms with van der Waals surface area (Å²) in [6.45, 7) is 2.59. The Labute approximate surface area is 116 Å². The number of hydrogen-bond donors (Lipinski definition) is 1. The fourth-order valence-corrected chi connectivity index (χ4v) is 1.87. The lowest BCUT2D eigenvalue weighted by Gasteiger charge is -2.07. The third-order valence-electron chi connectivity index (χ3n) is 2.94. The van der Waals surface area contributed by atoms with Crippen LogP contribution in [0.5, 0.6) is 0 Å². The van der Waals surface area contributed by atoms with Gasteiger partial charge in [0, 0.05) is 18.6 Å². The minimum Gasteiger partial charge on any atom is -0.378 e. The summed E-state index contributed by atoms with van der Waals surface area (Å²) in [6, 6.07) is 5.82. The number of aromatic nitrogens is 5. The van der Waals surface area contributed by atoms with E-state index >= 15 is 0 Å². The molecule has 0 saturated heterocycles. The molecule has 0 unspecified atom stereocenters. The van der Waals surface area contributed by atoms with E-state index < -0.39 is 0 Å². The molecule has 0 radical (unpaired) electrons. The van der Waals surface area contributed by atoms with Crippen LogP contribution >= 0.6 is 0 Å². The second-order valence-corrected chi connectivity index (χ2v) is 4.30. The molecular weight excluding hydrogens is 252 g/mol. The van der Waals surface area contributed by atoms with E-state index in [0.29, 0.717) is 6.54 Å². The molecule has 0 saturated carbocycles. The average Bonchev–Trinajstić information content (AvgIpc) is 2.93. The van der Waals surface area contributed by atoms with Gasteiger partial charge in [-0.05, 0) is 25.1 Å². The number of pyridine rings is 1. The van der Waals surface area contributed by atoms with Crippen LogP contribution in [0.3, 0.4) is 0 Å². The molecule has 6 heteroatoms. The van der Waals surface area contributed by atoms with Crippen LogP contribution < -0.4 is 5.32 Å². The molecule has 3 aromatic rings. The molecule has 100 valence electrons. The molecule has 20 heavy (non-hydrogen) atoms. The van der Waals surface area contributed by atoms with Gasteiger partial charge in [0.1, 0.15) is 18.0 Å². The predicted molar refractivity (Wildman–Crippen MR) is 75.5 cm³/mol. The Morgan fingerprint density at radius 3 is 2.70 bits per heavy atom. The van der Waals surface area contributed by atoms with E-state index in [0.717, 1.165) is 23.0 Å². The smallest absolute Gasteiger partial charge is 0.138 e. The fraction of sp³-hybridized carbons (Fsp3) is 0.143. The highest BCUT2D eigenvalue weighted by Gasteiger charge is 2.02. The van der Waals surface area contributed by atoms with Crippen molar-refractivity contribution in [1.29, 1.82) is 0 Å². The van der Waals surface area contributed by atoms with Gasteiger partial charge in [0.05, 0.1) is 24.1 Å². The quantitative estimate of drug-likeness (QED) is 0.782. The van der Waals surface area contributed by atoms with Crippen LogP contribution in [0.15, 0.2) is 49.3 Å². The van der Waals surface area contributed by atoms with Crippen LogP contribution in [-0.4, -0.2) is 24.5 Å². The predicted octanol–water partition coefficient (Wildman–Crippen LogP) is 1.98. The first-order valence-corrected chi connectivity index (χ1v) is 6.28. The van der Waals surface area contributed by atoms with Gasteiger partial charge in [-0.25, -0.2) is 19.9 Å². The minimum absolute atomic E-state index is 0.646. The lowest BCUT2D eigenvalue weighted by molar-refractivity contribution is 0.931. The highest BCUT2D eigenvalue weighted by atomic mass is 15.1. The highest BCUT2D eigenvalue weighted by molar-refractivity contribution is 5.44. The van der Waals surface area contributed by atoms with Gasteiger partial charge in [0.2, 0.25) is 0 Å². The summed E-state index contributed by atoms with van der Waals surface area (Å²) in [5.41, 5.74) is 1.89. The SMILES string of the molecule is Cc1nccn1-c1ccc(NCc2ccncn2)cn1. The molecule has 0 fully saturated rings. The number of aryl methyl sites for hydroxylation is 1. The van der Waals surface area contributed by atoms with Crippen LogP contribution in [0.25, 0.3) is 5.82 Å². The molecule has 6 nitrogen and oxygen atoms in total. The molecule has 0 atom stereocenters. The van der Waals surface area contributed by atoms with E-state index in [9.17, 15) is 0 Å². The van der Waals surface area contributed by atoms with Crippen molar-refractivity contribution < 1.29 is 0 Å². The normalized spacial score (nSPS) is 10.4. The maximum absolute atomic E-state index is 4.42. The molecule has 0 amide bonds. The largest absolute Gasteiger partial charge is 0.378 e. The first-order valence-electron chi connectivity index (χ1n) is 6.28. The molecule has 0 bridgehead atoms. The van der Waals surface area contributed by atoms with Gasteiger partial charge in [0.25, 0.3) is 0 Å². The Morgan fingerprint density at radius 2 is 2.05 bits per heavy atom. The van der Waals surface area contributed by atoms with E-state index in [1.165, 1.54) is 0 Å². The Morgan fingerprint density at radius 1 is 1.10 bits per heavy atom. The monoisotopic (exact) mass is 266 g/mol. The fourth-order valence-electron chi connectivity index (χ4n) is 1.87. The molecule has 3 rings (SSSR count). The topological polar surface area (TPSA) is 68.5 Å². The van der Waals surface area contributed by atoms with Crippen LogP contribution in [0, 0.1) is 6.92 Å². The van der Waals surface area contributed by atoms with Crippen molar-refractivity contribution in [2.75, 3.05) is 5.32 Å². The standard InChI is InChI=1S/C14H14N6/c1-11-16-6-7-20(11)14-3-2-12(9-18-14)17-8-13-4-5-15-10-19-13/h2-7,9-10,17H,8H2,1H3. The average molecular weight is 266 g/mol. The zero-order chi connectivity index (χ0) is 13.8. The molecule has 3 heterocycles. The van der Waals surface area contributed by atoms with Gasteiger partial charge in [-0.1, -0.05) is 0 Å². The first-order chi connectivity index (χ1) is 9.83. The zero-order valence-electron chi connectivity index (χ0n) is 11.1. The molecule has 0 aromatic carbocycles. The molecule has 0 aliphatic carbocycles. The molecule has 0 spiro atoms. The zero-order valence-corrected chi connectivity index (χ0v) is 11.1. The van der Waals surface area contributed by atoms with Crippen molar-refractivity contribution in [3.05, 3.63) is 60.8 Å². The molecule has 1 N–H and O–H groups in total. The van der Waals surface area contributed by atoms with Crippen LogP contribution in [0.4, 0.5) is 5.69 Å². The number of hydrogen-bond acceptors (Lipinski definition) is 5. The third-order valence-corrected chi connectivity index (χ3v) is 2.94. The molecule has 0 aliphatic rings. The van der Waals surface area contributed by atoms with Crippen molar-refractivity contribution in [1.82, 2.24) is 24.5 Å². The van der Waals surface area contributed by atoms with Crippen LogP contribution in [0.2, 0.25) is 0 Å². The van der Waals surface area contributed by atoms with Crippen molar-refractivity contribution in [3.8, 4) is 5.82 Å². The second-order valence-electron chi connectivity index (χ2n) is 4.30. The summed E-state index contributed by atoms with van der Waals surface area (Å²) in [6.07, 6.45) is 8.73. The Balaban J connectivity index is 1.69. The van der Waals surface area contributed by atoms with E-state index in [4.69, 9.17) is 0 Å². The van der Waals surface area contributed by atoms with Crippen LogP contribution in [0.1, 0.15) is 11.5 Å². The van der Waals surface area contributed by atoms with E-state index in [1.807, 2.05) is 35.9 Å². The van der Waals surface area contributed by atoms with Gasteiger partial charge < -0.3 is 5.32 Å². The van der Waals surface area contributed by atoms with Gasteiger partial charge >= 0.3 is 0 Å². The van der Waals surface area contributed by atoms with E-state index in [1.54, 1.807) is 24.9 Å². The second kappa shape index (κ2) is 5.48. The van der Waals surface area contributed by atoms with Crippen molar-refractivity contribution in [3.63, 3.8) is 0 Å². The summed E-state index contributed by atoms with van der Waals surface area (Å²) in [5.74, 6) is 1.77. The summed E-state index contributed by atoms with van der Waals surface area (Å²) in [7, 11) is 0. The van der Waals surface area contributed by atoms with Crippen molar-refractivity contribution in [2.45, 2.75) is 13.5 Å². The van der Waals surface area contributed by atoms with Crippen molar-refractivity contribution >= 4 is 5.69 Å². The van der Waals surface area contributed by atoms with E-state index in [2.05, 4.69) is 25.3 Å².